The summed E-state index contributed by atoms with van der Waals surface area (Å²) in [7, 11) is -0.436. The van der Waals surface area contributed by atoms with Gasteiger partial charge in [-0.25, -0.2) is 9.78 Å². The highest BCUT2D eigenvalue weighted by Gasteiger charge is 2.52. The summed E-state index contributed by atoms with van der Waals surface area (Å²) in [4.78, 5) is 18.4. The van der Waals surface area contributed by atoms with Crippen LogP contribution in [0.3, 0.4) is 0 Å². The number of nitrogens with zero attached hydrogens (tertiary/aromatic N) is 2. The lowest BCUT2D eigenvalue weighted by Gasteiger charge is -2.33. The second kappa shape index (κ2) is 8.04. The van der Waals surface area contributed by atoms with E-state index >= 15 is 0 Å². The number of ether oxygens (including phenoxy) is 2. The van der Waals surface area contributed by atoms with Crippen LogP contribution in [0.15, 0.2) is 12.3 Å². The predicted octanol–water partition coefficient (Wildman–Crippen LogP) is 3.47. The average Bonchev–Trinajstić information content (AvgIpc) is 2.81. The summed E-state index contributed by atoms with van der Waals surface area (Å²) in [6, 6.07) is 1.93. The number of amides is 1. The topological polar surface area (TPSA) is 70.1 Å². The van der Waals surface area contributed by atoms with Gasteiger partial charge in [0.05, 0.1) is 11.2 Å². The van der Waals surface area contributed by atoms with E-state index in [0.29, 0.717) is 19.0 Å². The quantitative estimate of drug-likeness (QED) is 0.701. The lowest BCUT2D eigenvalue weighted by atomic mass is 9.77. The number of carbonyl (C=O) groups is 1. The van der Waals surface area contributed by atoms with Crippen molar-refractivity contribution in [3.63, 3.8) is 0 Å². The molecule has 0 atom stereocenters. The Bertz CT molecular complexity index is 766. The second-order valence-corrected chi connectivity index (χ2v) is 10.3. The van der Waals surface area contributed by atoms with Gasteiger partial charge < -0.3 is 23.7 Å². The number of pyridine rings is 1. The van der Waals surface area contributed by atoms with Crippen molar-refractivity contribution < 1.29 is 23.6 Å². The third kappa shape index (κ3) is 5.09. The molecule has 0 radical (unpaired) electrons. The fraction of sp³-hybridized carbons (Fsp3) is 0.727. The zero-order valence-corrected chi connectivity index (χ0v) is 19.6. The zero-order valence-electron chi connectivity index (χ0n) is 19.6. The van der Waals surface area contributed by atoms with Crippen LogP contribution in [0, 0.1) is 6.92 Å². The first kappa shape index (κ1) is 22.9. The number of likely N-dealkylation sites (tertiary alicyclic amines) is 1. The number of rotatable bonds is 3. The summed E-state index contributed by atoms with van der Waals surface area (Å²) in [5, 5.41) is 0. The molecule has 166 valence electrons. The van der Waals surface area contributed by atoms with E-state index in [4.69, 9.17) is 18.8 Å². The van der Waals surface area contributed by atoms with Crippen molar-refractivity contribution in [2.24, 2.45) is 0 Å². The first-order chi connectivity index (χ1) is 13.8. The van der Waals surface area contributed by atoms with Crippen LogP contribution in [-0.4, -0.2) is 59.1 Å². The lowest BCUT2D eigenvalue weighted by Crippen LogP contribution is -2.44. The lowest BCUT2D eigenvalue weighted by molar-refractivity contribution is 0.00578. The van der Waals surface area contributed by atoms with Crippen LogP contribution in [-0.2, 0) is 14.0 Å². The zero-order chi connectivity index (χ0) is 22.3. The van der Waals surface area contributed by atoms with Crippen LogP contribution >= 0.6 is 0 Å². The van der Waals surface area contributed by atoms with Gasteiger partial charge in [-0.1, -0.05) is 0 Å². The molecule has 2 fully saturated rings. The van der Waals surface area contributed by atoms with Crippen molar-refractivity contribution in [3.05, 3.63) is 17.8 Å². The maximum Gasteiger partial charge on any atom is 0.496 e. The van der Waals surface area contributed by atoms with Crippen LogP contribution in [0.25, 0.3) is 0 Å². The molecular weight excluding hydrogens is 383 g/mol. The molecule has 7 nitrogen and oxygen atoms in total. The van der Waals surface area contributed by atoms with Crippen LogP contribution in [0.1, 0.15) is 66.9 Å². The smallest absolute Gasteiger partial charge is 0.474 e. The van der Waals surface area contributed by atoms with E-state index in [1.54, 1.807) is 11.1 Å². The molecule has 1 amide bonds. The van der Waals surface area contributed by atoms with Crippen molar-refractivity contribution in [2.75, 3.05) is 13.1 Å². The number of aryl methyl sites for hydroxylation is 1. The van der Waals surface area contributed by atoms with Gasteiger partial charge in [0, 0.05) is 43.7 Å². The van der Waals surface area contributed by atoms with Crippen molar-refractivity contribution in [1.82, 2.24) is 9.88 Å². The Balaban J connectivity index is 1.57. The third-order valence-corrected chi connectivity index (χ3v) is 6.01. The molecule has 30 heavy (non-hydrogen) atoms. The number of carbonyl (C=O) groups excluding carboxylic acids is 1. The van der Waals surface area contributed by atoms with E-state index in [1.165, 1.54) is 0 Å². The van der Waals surface area contributed by atoms with Gasteiger partial charge in [0.2, 0.25) is 5.88 Å². The van der Waals surface area contributed by atoms with E-state index < -0.39 is 12.7 Å². The first-order valence-electron chi connectivity index (χ1n) is 10.7. The van der Waals surface area contributed by atoms with Crippen molar-refractivity contribution >= 4 is 18.7 Å². The molecule has 0 unspecified atom stereocenters. The molecule has 2 aliphatic rings. The molecule has 0 N–H and O–H groups in total. The minimum atomic E-state index is -0.481. The Hall–Kier alpha value is -1.80. The summed E-state index contributed by atoms with van der Waals surface area (Å²) in [5.74, 6) is 0.587. The monoisotopic (exact) mass is 418 g/mol. The Morgan fingerprint density at radius 2 is 1.73 bits per heavy atom. The molecule has 0 aromatic carbocycles. The molecule has 0 aliphatic carbocycles. The molecule has 3 heterocycles. The molecule has 2 saturated heterocycles. The first-order valence-corrected chi connectivity index (χ1v) is 10.7. The third-order valence-electron chi connectivity index (χ3n) is 6.01. The predicted molar refractivity (Wildman–Crippen MR) is 116 cm³/mol. The van der Waals surface area contributed by atoms with Gasteiger partial charge in [0.1, 0.15) is 11.7 Å². The Kier molecular flexibility index (Phi) is 6.13. The molecule has 0 spiro atoms. The van der Waals surface area contributed by atoms with Gasteiger partial charge in [-0.15, -0.1) is 0 Å². The second-order valence-electron chi connectivity index (χ2n) is 10.3. The van der Waals surface area contributed by atoms with Crippen LogP contribution in [0.5, 0.6) is 5.88 Å². The Morgan fingerprint density at radius 3 is 2.23 bits per heavy atom. The normalized spacial score (nSPS) is 21.6. The highest BCUT2D eigenvalue weighted by Crippen LogP contribution is 2.36. The van der Waals surface area contributed by atoms with Crippen molar-refractivity contribution in [1.29, 1.82) is 0 Å². The number of aromatic nitrogens is 1. The average molecular weight is 418 g/mol. The standard InChI is InChI=1S/C22H35BN2O5/c1-15-13-18(24-14-17(15)23-29-21(5,6)22(7,8)30-23)27-16-9-11-25(12-10-16)19(26)28-20(2,3)4/h13-14,16H,9-12H2,1-8H3. The molecule has 8 heteroatoms. The van der Waals surface area contributed by atoms with Gasteiger partial charge in [0.25, 0.3) is 0 Å². The minimum absolute atomic E-state index is 0.0262. The van der Waals surface area contributed by atoms with E-state index in [-0.39, 0.29) is 23.4 Å². The van der Waals surface area contributed by atoms with Gasteiger partial charge in [-0.3, -0.25) is 0 Å². The fourth-order valence-electron chi connectivity index (χ4n) is 3.48. The number of hydrogen-bond donors (Lipinski definition) is 0. The van der Waals surface area contributed by atoms with E-state index in [1.807, 2.05) is 61.5 Å². The molecular formula is C22H35BN2O5. The van der Waals surface area contributed by atoms with Crippen molar-refractivity contribution in [3.8, 4) is 5.88 Å². The van der Waals surface area contributed by atoms with Crippen LogP contribution < -0.4 is 10.2 Å². The minimum Gasteiger partial charge on any atom is -0.474 e. The molecule has 0 bridgehead atoms. The number of piperidine rings is 1. The molecule has 3 rings (SSSR count). The van der Waals surface area contributed by atoms with Crippen LogP contribution in [0.2, 0.25) is 0 Å². The van der Waals surface area contributed by atoms with Crippen molar-refractivity contribution in [2.45, 2.75) is 91.1 Å². The summed E-state index contributed by atoms with van der Waals surface area (Å²) >= 11 is 0. The molecule has 1 aromatic rings. The maximum atomic E-state index is 12.2. The Labute approximate surface area is 180 Å². The number of hydrogen-bond acceptors (Lipinski definition) is 6. The summed E-state index contributed by atoms with van der Waals surface area (Å²) in [6.45, 7) is 17.0. The largest absolute Gasteiger partial charge is 0.496 e. The van der Waals surface area contributed by atoms with E-state index in [9.17, 15) is 4.79 Å². The molecule has 2 aliphatic heterocycles. The van der Waals surface area contributed by atoms with Crippen LogP contribution in [0.4, 0.5) is 4.79 Å². The highest BCUT2D eigenvalue weighted by molar-refractivity contribution is 6.62. The summed E-state index contributed by atoms with van der Waals surface area (Å²) in [6.07, 6.45) is 3.04. The Morgan fingerprint density at radius 1 is 1.17 bits per heavy atom. The maximum absolute atomic E-state index is 12.2. The molecule has 0 saturated carbocycles. The summed E-state index contributed by atoms with van der Waals surface area (Å²) in [5.41, 5.74) is 0.679. The van der Waals surface area contributed by atoms with Gasteiger partial charge in [-0.05, 0) is 61.0 Å². The summed E-state index contributed by atoms with van der Waals surface area (Å²) < 4.78 is 23.8. The fourth-order valence-corrected chi connectivity index (χ4v) is 3.48. The molecule has 1 aromatic heterocycles. The van der Waals surface area contributed by atoms with E-state index in [0.717, 1.165) is 23.9 Å². The SMILES string of the molecule is Cc1cc(OC2CCN(C(=O)OC(C)(C)C)CC2)ncc1B1OC(C)(C)C(C)(C)O1. The van der Waals surface area contributed by atoms with Gasteiger partial charge in [-0.2, -0.15) is 0 Å². The highest BCUT2D eigenvalue weighted by atomic mass is 16.7. The van der Waals surface area contributed by atoms with E-state index in [2.05, 4.69) is 4.98 Å². The van der Waals surface area contributed by atoms with Gasteiger partial charge >= 0.3 is 13.2 Å². The van der Waals surface area contributed by atoms with Gasteiger partial charge in [0.15, 0.2) is 0 Å².